The number of nitrogens with zero attached hydrogens (tertiary/aromatic N) is 1. The fourth-order valence-electron chi connectivity index (χ4n) is 1.29. The molecule has 3 nitrogen and oxygen atoms in total. The number of halogens is 1. The lowest BCUT2D eigenvalue weighted by Crippen LogP contribution is -1.91. The van der Waals surface area contributed by atoms with Crippen LogP contribution >= 0.6 is 12.2 Å². The molecule has 72 valence electrons. The first kappa shape index (κ1) is 9.08. The summed E-state index contributed by atoms with van der Waals surface area (Å²) in [6, 6.07) is 2.64. The highest BCUT2D eigenvalue weighted by molar-refractivity contribution is 7.71. The molecule has 0 radical (unpaired) electrons. The summed E-state index contributed by atoms with van der Waals surface area (Å²) in [7, 11) is 1.48. The van der Waals surface area contributed by atoms with Gasteiger partial charge in [0.25, 0.3) is 0 Å². The van der Waals surface area contributed by atoms with Gasteiger partial charge in [-0.25, -0.2) is 9.37 Å². The summed E-state index contributed by atoms with van der Waals surface area (Å²) in [6.45, 7) is 0. The zero-order chi connectivity index (χ0) is 10.1. The average molecular weight is 210 g/mol. The Hall–Kier alpha value is -1.49. The Morgan fingerprint density at radius 3 is 3.00 bits per heavy atom. The third-order valence-electron chi connectivity index (χ3n) is 1.91. The highest BCUT2D eigenvalue weighted by Crippen LogP contribution is 2.24. The van der Waals surface area contributed by atoms with Crippen LogP contribution in [0.5, 0.6) is 5.75 Å². The fourth-order valence-corrected chi connectivity index (χ4v) is 1.50. The molecule has 2 aromatic rings. The topological polar surface area (TPSA) is 37.9 Å². The SMILES string of the molecule is COc1cc(F)cc2c(=S)nc[nH]c12. The Morgan fingerprint density at radius 2 is 2.29 bits per heavy atom. The molecule has 5 heteroatoms. The number of ether oxygens (including phenoxy) is 1. The molecule has 1 N–H and O–H groups in total. The number of fused-ring (bicyclic) bond motifs is 1. The van der Waals surface area contributed by atoms with Gasteiger partial charge in [-0.15, -0.1) is 0 Å². The Morgan fingerprint density at radius 1 is 1.50 bits per heavy atom. The smallest absolute Gasteiger partial charge is 0.145 e. The van der Waals surface area contributed by atoms with Crippen molar-refractivity contribution in [1.29, 1.82) is 0 Å². The first-order chi connectivity index (χ1) is 6.72. The molecule has 2 rings (SSSR count). The van der Waals surface area contributed by atoms with Gasteiger partial charge in [0.05, 0.1) is 19.0 Å². The summed E-state index contributed by atoms with van der Waals surface area (Å²) in [6.07, 6.45) is 1.46. The molecule has 0 fully saturated rings. The van der Waals surface area contributed by atoms with Crippen LogP contribution in [0.1, 0.15) is 0 Å². The molecule has 0 spiro atoms. The third kappa shape index (κ3) is 1.35. The maximum atomic E-state index is 13.1. The lowest BCUT2D eigenvalue weighted by Gasteiger charge is -2.04. The van der Waals surface area contributed by atoms with Gasteiger partial charge in [-0.2, -0.15) is 0 Å². The summed E-state index contributed by atoms with van der Waals surface area (Å²) in [5.41, 5.74) is 0.661. The number of hydrogen-bond donors (Lipinski definition) is 1. The monoisotopic (exact) mass is 210 g/mol. The van der Waals surface area contributed by atoms with E-state index >= 15 is 0 Å². The van der Waals surface area contributed by atoms with E-state index in [0.29, 0.717) is 21.3 Å². The second-order valence-corrected chi connectivity index (χ2v) is 3.12. The maximum Gasteiger partial charge on any atom is 0.145 e. The van der Waals surface area contributed by atoms with Crippen molar-refractivity contribution in [3.8, 4) is 5.75 Å². The Kier molecular flexibility index (Phi) is 2.17. The quantitative estimate of drug-likeness (QED) is 0.734. The summed E-state index contributed by atoms with van der Waals surface area (Å²) >= 11 is 4.97. The van der Waals surface area contributed by atoms with Crippen molar-refractivity contribution in [3.05, 3.63) is 28.9 Å². The van der Waals surface area contributed by atoms with Gasteiger partial charge in [-0.3, -0.25) is 0 Å². The number of aromatic nitrogens is 2. The van der Waals surface area contributed by atoms with Gasteiger partial charge in [0.2, 0.25) is 0 Å². The fraction of sp³-hybridized carbons (Fsp3) is 0.111. The van der Waals surface area contributed by atoms with E-state index in [0.717, 1.165) is 0 Å². The highest BCUT2D eigenvalue weighted by atomic mass is 32.1. The van der Waals surface area contributed by atoms with E-state index in [2.05, 4.69) is 9.97 Å². The minimum Gasteiger partial charge on any atom is -0.494 e. The number of nitrogens with one attached hydrogen (secondary N) is 1. The van der Waals surface area contributed by atoms with Crippen molar-refractivity contribution in [2.24, 2.45) is 0 Å². The Balaban J connectivity index is 2.95. The van der Waals surface area contributed by atoms with Gasteiger partial charge >= 0.3 is 0 Å². The van der Waals surface area contributed by atoms with Crippen LogP contribution in [0, 0.1) is 10.5 Å². The van der Waals surface area contributed by atoms with Gasteiger partial charge < -0.3 is 9.72 Å². The number of H-pyrrole nitrogens is 1. The number of aromatic amines is 1. The van der Waals surface area contributed by atoms with E-state index in [-0.39, 0.29) is 5.82 Å². The molecule has 0 saturated carbocycles. The molecule has 0 atom stereocenters. The summed E-state index contributed by atoms with van der Waals surface area (Å²) < 4.78 is 18.5. The largest absolute Gasteiger partial charge is 0.494 e. The van der Waals surface area contributed by atoms with Crippen molar-refractivity contribution in [1.82, 2.24) is 9.97 Å². The second-order valence-electron chi connectivity index (χ2n) is 2.74. The molecule has 0 saturated heterocycles. The first-order valence-corrected chi connectivity index (χ1v) is 4.34. The molecular weight excluding hydrogens is 203 g/mol. The van der Waals surface area contributed by atoms with Gasteiger partial charge in [0.1, 0.15) is 16.2 Å². The van der Waals surface area contributed by atoms with Crippen molar-refractivity contribution in [2.45, 2.75) is 0 Å². The van der Waals surface area contributed by atoms with E-state index in [9.17, 15) is 4.39 Å². The van der Waals surface area contributed by atoms with Crippen molar-refractivity contribution < 1.29 is 9.13 Å². The van der Waals surface area contributed by atoms with E-state index in [1.807, 2.05) is 0 Å². The molecule has 0 aliphatic heterocycles. The van der Waals surface area contributed by atoms with Gasteiger partial charge in [-0.05, 0) is 6.07 Å². The summed E-state index contributed by atoms with van der Waals surface area (Å²) in [5.74, 6) is 0.0374. The third-order valence-corrected chi connectivity index (χ3v) is 2.23. The van der Waals surface area contributed by atoms with Crippen LogP contribution in [0.4, 0.5) is 4.39 Å². The molecule has 1 aromatic carbocycles. The van der Waals surface area contributed by atoms with E-state index in [1.165, 1.54) is 25.6 Å². The number of hydrogen-bond acceptors (Lipinski definition) is 3. The van der Waals surface area contributed by atoms with Gasteiger partial charge in [0.15, 0.2) is 0 Å². The minimum atomic E-state index is -0.387. The van der Waals surface area contributed by atoms with Crippen LogP contribution in [0.15, 0.2) is 18.5 Å². The van der Waals surface area contributed by atoms with Crippen LogP contribution in [0.25, 0.3) is 10.9 Å². The number of rotatable bonds is 1. The molecule has 0 bridgehead atoms. The van der Waals surface area contributed by atoms with Crippen molar-refractivity contribution >= 4 is 23.1 Å². The molecule has 1 aromatic heterocycles. The Labute approximate surface area is 84.6 Å². The summed E-state index contributed by atoms with van der Waals surface area (Å²) in [5, 5.41) is 0.555. The number of benzene rings is 1. The first-order valence-electron chi connectivity index (χ1n) is 3.93. The van der Waals surface area contributed by atoms with E-state index < -0.39 is 0 Å². The van der Waals surface area contributed by atoms with Crippen LogP contribution in [0.3, 0.4) is 0 Å². The van der Waals surface area contributed by atoms with Crippen LogP contribution in [0.2, 0.25) is 0 Å². The second kappa shape index (κ2) is 3.34. The molecular formula is C9H7FN2OS. The predicted molar refractivity (Wildman–Crippen MR) is 53.4 cm³/mol. The van der Waals surface area contributed by atoms with Crippen molar-refractivity contribution in [2.75, 3.05) is 7.11 Å². The molecule has 0 aliphatic rings. The minimum absolute atomic E-state index is 0.358. The average Bonchev–Trinajstić information content (AvgIpc) is 2.18. The lowest BCUT2D eigenvalue weighted by atomic mass is 10.2. The predicted octanol–water partition coefficient (Wildman–Crippen LogP) is 2.44. The zero-order valence-corrected chi connectivity index (χ0v) is 8.19. The lowest BCUT2D eigenvalue weighted by molar-refractivity contribution is 0.415. The molecule has 1 heterocycles. The Bertz CT molecular complexity index is 538. The van der Waals surface area contributed by atoms with Crippen LogP contribution in [-0.2, 0) is 0 Å². The molecule has 0 amide bonds. The van der Waals surface area contributed by atoms with Gasteiger partial charge in [0, 0.05) is 11.5 Å². The molecule has 14 heavy (non-hydrogen) atoms. The van der Waals surface area contributed by atoms with Crippen molar-refractivity contribution in [3.63, 3.8) is 0 Å². The molecule has 0 unspecified atom stereocenters. The van der Waals surface area contributed by atoms with E-state index in [1.54, 1.807) is 0 Å². The van der Waals surface area contributed by atoms with E-state index in [4.69, 9.17) is 17.0 Å². The maximum absolute atomic E-state index is 13.1. The molecule has 0 aliphatic carbocycles. The number of methoxy groups -OCH3 is 1. The van der Waals surface area contributed by atoms with Crippen LogP contribution < -0.4 is 4.74 Å². The van der Waals surface area contributed by atoms with Crippen LogP contribution in [-0.4, -0.2) is 17.1 Å². The van der Waals surface area contributed by atoms with Gasteiger partial charge in [-0.1, -0.05) is 12.2 Å². The summed E-state index contributed by atoms with van der Waals surface area (Å²) in [4.78, 5) is 6.73. The normalized spacial score (nSPS) is 10.4. The zero-order valence-electron chi connectivity index (χ0n) is 7.37. The standard InChI is InChI=1S/C9H7FN2OS/c1-13-7-3-5(10)2-6-8(7)11-4-12-9(6)14/h2-4H,1H3,(H,11,12,14). The highest BCUT2D eigenvalue weighted by Gasteiger charge is 2.05.